The third-order valence-electron chi connectivity index (χ3n) is 2.73. The smallest absolute Gasteiger partial charge is 0.160 e. The maximum absolute atomic E-state index is 13.2. The molecule has 0 aliphatic rings. The molecule has 0 spiro atoms. The van der Waals surface area contributed by atoms with Gasteiger partial charge in [0.25, 0.3) is 0 Å². The van der Waals surface area contributed by atoms with Gasteiger partial charge in [-0.2, -0.15) is 0 Å². The lowest BCUT2D eigenvalue weighted by molar-refractivity contribution is 0.509. The number of halogens is 2. The number of rotatable bonds is 1. The van der Waals surface area contributed by atoms with Crippen molar-refractivity contribution < 1.29 is 8.78 Å². The first-order chi connectivity index (χ1) is 8.29. The quantitative estimate of drug-likeness (QED) is 0.764. The molecule has 1 aromatic heterocycles. The second-order valence-corrected chi connectivity index (χ2v) is 5.25. The van der Waals surface area contributed by atoms with E-state index in [4.69, 9.17) is 5.73 Å². The molecule has 0 atom stereocenters. The third-order valence-corrected chi connectivity index (χ3v) is 2.73. The number of aromatic amines is 1. The van der Waals surface area contributed by atoms with Gasteiger partial charge in [0.2, 0.25) is 0 Å². The molecule has 18 heavy (non-hydrogen) atoms. The first-order valence-electron chi connectivity index (χ1n) is 5.59. The van der Waals surface area contributed by atoms with Crippen molar-refractivity contribution >= 4 is 5.69 Å². The van der Waals surface area contributed by atoms with Crippen LogP contribution in [0.2, 0.25) is 0 Å². The minimum absolute atomic E-state index is 0.0986. The summed E-state index contributed by atoms with van der Waals surface area (Å²) in [6, 6.07) is 2.01. The topological polar surface area (TPSA) is 54.7 Å². The molecule has 0 aliphatic heterocycles. The molecular formula is C13H15F2N3. The summed E-state index contributed by atoms with van der Waals surface area (Å²) in [4.78, 5) is 7.24. The van der Waals surface area contributed by atoms with Crippen LogP contribution in [0.15, 0.2) is 18.3 Å². The van der Waals surface area contributed by atoms with Crippen molar-refractivity contribution in [3.8, 4) is 11.4 Å². The molecule has 0 saturated carbocycles. The van der Waals surface area contributed by atoms with Gasteiger partial charge < -0.3 is 10.7 Å². The van der Waals surface area contributed by atoms with Gasteiger partial charge in [-0.1, -0.05) is 20.8 Å². The summed E-state index contributed by atoms with van der Waals surface area (Å²) in [5.41, 5.74) is 7.00. The molecule has 1 heterocycles. The number of nitrogens with two attached hydrogens (primary N) is 1. The SMILES string of the molecule is CC(C)(C)c1cnc(-c2cc(F)c(F)cc2N)[nH]1. The van der Waals surface area contributed by atoms with Crippen LogP contribution >= 0.6 is 0 Å². The number of hydrogen-bond acceptors (Lipinski definition) is 2. The standard InChI is InChI=1S/C13H15F2N3/c1-13(2,3)11-6-17-12(18-11)7-4-8(14)9(15)5-10(7)16/h4-6H,16H2,1-3H3,(H,17,18). The lowest BCUT2D eigenvalue weighted by atomic mass is 9.93. The highest BCUT2D eigenvalue weighted by molar-refractivity contribution is 5.71. The van der Waals surface area contributed by atoms with Crippen molar-refractivity contribution in [3.63, 3.8) is 0 Å². The Hall–Kier alpha value is -1.91. The van der Waals surface area contributed by atoms with E-state index in [0.29, 0.717) is 11.4 Å². The monoisotopic (exact) mass is 251 g/mol. The van der Waals surface area contributed by atoms with Crippen LogP contribution in [0.1, 0.15) is 26.5 Å². The molecule has 5 heteroatoms. The van der Waals surface area contributed by atoms with Crippen molar-refractivity contribution in [1.29, 1.82) is 0 Å². The van der Waals surface area contributed by atoms with Crippen LogP contribution in [0, 0.1) is 11.6 Å². The van der Waals surface area contributed by atoms with Gasteiger partial charge in [0.1, 0.15) is 5.82 Å². The number of H-pyrrole nitrogens is 1. The Bertz CT molecular complexity index is 582. The molecule has 0 amide bonds. The minimum Gasteiger partial charge on any atom is -0.398 e. The maximum atomic E-state index is 13.2. The Morgan fingerprint density at radius 2 is 1.78 bits per heavy atom. The summed E-state index contributed by atoms with van der Waals surface area (Å²) < 4.78 is 26.2. The van der Waals surface area contributed by atoms with Crippen LogP contribution in [0.4, 0.5) is 14.5 Å². The predicted octanol–water partition coefficient (Wildman–Crippen LogP) is 3.23. The third kappa shape index (κ3) is 2.20. The zero-order chi connectivity index (χ0) is 13.5. The van der Waals surface area contributed by atoms with Gasteiger partial charge >= 0.3 is 0 Å². The molecule has 3 N–H and O–H groups in total. The first kappa shape index (κ1) is 12.5. The summed E-state index contributed by atoms with van der Waals surface area (Å²) in [7, 11) is 0. The number of benzene rings is 1. The summed E-state index contributed by atoms with van der Waals surface area (Å²) >= 11 is 0. The van der Waals surface area contributed by atoms with Crippen LogP contribution in [-0.4, -0.2) is 9.97 Å². The Morgan fingerprint density at radius 1 is 1.17 bits per heavy atom. The fourth-order valence-corrected chi connectivity index (χ4v) is 1.61. The molecule has 3 nitrogen and oxygen atoms in total. The molecule has 2 aromatic rings. The number of imidazole rings is 1. The predicted molar refractivity (Wildman–Crippen MR) is 67.1 cm³/mol. The fourth-order valence-electron chi connectivity index (χ4n) is 1.61. The lowest BCUT2D eigenvalue weighted by Crippen LogP contribution is -2.11. The highest BCUT2D eigenvalue weighted by Crippen LogP contribution is 2.28. The largest absolute Gasteiger partial charge is 0.398 e. The molecule has 0 radical (unpaired) electrons. The van der Waals surface area contributed by atoms with E-state index in [1.54, 1.807) is 6.20 Å². The Balaban J connectivity index is 2.50. The average Bonchev–Trinajstić information content (AvgIpc) is 2.72. The van der Waals surface area contributed by atoms with Crippen molar-refractivity contribution in [1.82, 2.24) is 9.97 Å². The molecule has 0 bridgehead atoms. The van der Waals surface area contributed by atoms with Crippen LogP contribution < -0.4 is 5.73 Å². The minimum atomic E-state index is -0.959. The van der Waals surface area contributed by atoms with E-state index in [0.717, 1.165) is 17.8 Å². The summed E-state index contributed by atoms with van der Waals surface area (Å²) in [5, 5.41) is 0. The van der Waals surface area contributed by atoms with Crippen LogP contribution in [0.3, 0.4) is 0 Å². The van der Waals surface area contributed by atoms with Crippen molar-refractivity contribution in [3.05, 3.63) is 35.7 Å². The summed E-state index contributed by atoms with van der Waals surface area (Å²) in [6.45, 7) is 6.08. The lowest BCUT2D eigenvalue weighted by Gasteiger charge is -2.15. The van der Waals surface area contributed by atoms with Crippen molar-refractivity contribution in [2.45, 2.75) is 26.2 Å². The fraction of sp³-hybridized carbons (Fsp3) is 0.308. The van der Waals surface area contributed by atoms with E-state index in [2.05, 4.69) is 9.97 Å². The number of nitrogen functional groups attached to an aromatic ring is 1. The second kappa shape index (κ2) is 4.08. The van der Waals surface area contributed by atoms with Crippen molar-refractivity contribution in [2.75, 3.05) is 5.73 Å². The van der Waals surface area contributed by atoms with Crippen LogP contribution in [-0.2, 0) is 5.41 Å². The van der Waals surface area contributed by atoms with E-state index in [-0.39, 0.29) is 11.1 Å². The van der Waals surface area contributed by atoms with E-state index in [1.165, 1.54) is 0 Å². The van der Waals surface area contributed by atoms with Gasteiger partial charge in [0.15, 0.2) is 11.6 Å². The molecular weight excluding hydrogens is 236 g/mol. The van der Waals surface area contributed by atoms with E-state index in [1.807, 2.05) is 20.8 Å². The Kier molecular flexibility index (Phi) is 2.84. The molecule has 0 unspecified atom stereocenters. The van der Waals surface area contributed by atoms with Crippen LogP contribution in [0.5, 0.6) is 0 Å². The van der Waals surface area contributed by atoms with Gasteiger partial charge in [-0.15, -0.1) is 0 Å². The maximum Gasteiger partial charge on any atom is 0.160 e. The second-order valence-electron chi connectivity index (χ2n) is 5.25. The Labute approximate surface area is 104 Å². The van der Waals surface area contributed by atoms with E-state index >= 15 is 0 Å². The zero-order valence-corrected chi connectivity index (χ0v) is 10.5. The summed E-state index contributed by atoms with van der Waals surface area (Å²) in [6.07, 6.45) is 1.68. The average molecular weight is 251 g/mol. The molecule has 0 aliphatic carbocycles. The van der Waals surface area contributed by atoms with Gasteiger partial charge in [-0.3, -0.25) is 0 Å². The van der Waals surface area contributed by atoms with Gasteiger partial charge in [-0.05, 0) is 6.07 Å². The summed E-state index contributed by atoms with van der Waals surface area (Å²) in [5.74, 6) is -1.46. The molecule has 96 valence electrons. The molecule has 1 aromatic carbocycles. The van der Waals surface area contributed by atoms with Crippen molar-refractivity contribution in [2.24, 2.45) is 0 Å². The number of aromatic nitrogens is 2. The van der Waals surface area contributed by atoms with Gasteiger partial charge in [-0.25, -0.2) is 13.8 Å². The number of anilines is 1. The zero-order valence-electron chi connectivity index (χ0n) is 10.5. The first-order valence-corrected chi connectivity index (χ1v) is 5.59. The van der Waals surface area contributed by atoms with Crippen LogP contribution in [0.25, 0.3) is 11.4 Å². The molecule has 0 saturated heterocycles. The van der Waals surface area contributed by atoms with Gasteiger partial charge in [0, 0.05) is 34.6 Å². The highest BCUT2D eigenvalue weighted by atomic mass is 19.2. The number of hydrogen-bond donors (Lipinski definition) is 2. The molecule has 0 fully saturated rings. The number of nitrogens with one attached hydrogen (secondary N) is 1. The highest BCUT2D eigenvalue weighted by Gasteiger charge is 2.18. The number of nitrogens with zero attached hydrogens (tertiary/aromatic N) is 1. The van der Waals surface area contributed by atoms with E-state index in [9.17, 15) is 8.78 Å². The Morgan fingerprint density at radius 3 is 2.33 bits per heavy atom. The van der Waals surface area contributed by atoms with Gasteiger partial charge in [0.05, 0.1) is 0 Å². The molecule has 2 rings (SSSR count). The normalized spacial score (nSPS) is 11.8. The van der Waals surface area contributed by atoms with E-state index < -0.39 is 11.6 Å².